The minimum absolute atomic E-state index is 0.0819. The van der Waals surface area contributed by atoms with E-state index in [1.165, 1.54) is 0 Å². The molecule has 0 aliphatic rings. The van der Waals surface area contributed by atoms with E-state index >= 15 is 0 Å². The Morgan fingerprint density at radius 1 is 1.29 bits per heavy atom. The van der Waals surface area contributed by atoms with Crippen molar-refractivity contribution in [3.63, 3.8) is 0 Å². The Hall–Kier alpha value is -0.970. The molecule has 0 rings (SSSR count). The third kappa shape index (κ3) is 7.05. The second kappa shape index (κ2) is 10.2. The highest BCUT2D eigenvalue weighted by atomic mass is 16.2. The van der Waals surface area contributed by atoms with Crippen molar-refractivity contribution in [2.75, 3.05) is 7.05 Å². The van der Waals surface area contributed by atoms with Gasteiger partial charge in [0.05, 0.1) is 6.04 Å². The average Bonchev–Trinajstić information content (AvgIpc) is 2.31. The van der Waals surface area contributed by atoms with E-state index in [2.05, 4.69) is 19.8 Å². The van der Waals surface area contributed by atoms with E-state index in [-0.39, 0.29) is 11.9 Å². The van der Waals surface area contributed by atoms with Gasteiger partial charge in [0.2, 0.25) is 5.91 Å². The fourth-order valence-electron chi connectivity index (χ4n) is 1.49. The first-order chi connectivity index (χ1) is 7.93. The van der Waals surface area contributed by atoms with Gasteiger partial charge in [-0.25, -0.2) is 0 Å². The van der Waals surface area contributed by atoms with Crippen LogP contribution in [-0.4, -0.2) is 23.9 Å². The topological polar surface area (TPSA) is 20.3 Å². The quantitative estimate of drug-likeness (QED) is 0.672. The summed E-state index contributed by atoms with van der Waals surface area (Å²) in [5, 5.41) is 0. The molecule has 100 valence electrons. The summed E-state index contributed by atoms with van der Waals surface area (Å²) in [6, 6.07) is -0.0819. The van der Waals surface area contributed by atoms with Crippen molar-refractivity contribution >= 4 is 5.91 Å². The first-order valence-corrected chi connectivity index (χ1v) is 6.65. The van der Waals surface area contributed by atoms with E-state index in [0.717, 1.165) is 6.42 Å². The summed E-state index contributed by atoms with van der Waals surface area (Å²) in [6.45, 7) is 12.3. The van der Waals surface area contributed by atoms with E-state index < -0.39 is 0 Å². The summed E-state index contributed by atoms with van der Waals surface area (Å²) in [5.74, 6) is 3.57. The highest BCUT2D eigenvalue weighted by Crippen LogP contribution is 2.13. The fraction of sp³-hybridized carbons (Fsp3) is 0.800. The van der Waals surface area contributed by atoms with Crippen LogP contribution in [-0.2, 0) is 4.79 Å². The van der Waals surface area contributed by atoms with Crippen molar-refractivity contribution in [1.82, 2.24) is 4.90 Å². The molecule has 0 aliphatic heterocycles. The molecule has 2 atom stereocenters. The van der Waals surface area contributed by atoms with Crippen molar-refractivity contribution in [3.8, 4) is 12.3 Å². The first-order valence-electron chi connectivity index (χ1n) is 6.65. The standard InChI is InChI=1S/C13H23NO.C2H6/c1-7-11(5)9-13(15)14(6)12(8-2)10(3)4;1-2/h2,10-12H,7,9H2,1,3-6H3;1-2H3/t11?,12-;/m1./s1. The summed E-state index contributed by atoms with van der Waals surface area (Å²) >= 11 is 0. The number of hydrogen-bond acceptors (Lipinski definition) is 1. The van der Waals surface area contributed by atoms with Gasteiger partial charge in [-0.1, -0.05) is 53.9 Å². The van der Waals surface area contributed by atoms with Crippen molar-refractivity contribution < 1.29 is 4.79 Å². The second-order valence-corrected chi connectivity index (χ2v) is 4.58. The summed E-state index contributed by atoms with van der Waals surface area (Å²) in [7, 11) is 1.80. The molecule has 0 aromatic heterocycles. The zero-order chi connectivity index (χ0) is 14.0. The van der Waals surface area contributed by atoms with Crippen LogP contribution in [0.5, 0.6) is 0 Å². The van der Waals surface area contributed by atoms with Gasteiger partial charge < -0.3 is 4.90 Å². The van der Waals surface area contributed by atoms with Gasteiger partial charge in [-0.05, 0) is 11.8 Å². The molecular weight excluding hydrogens is 210 g/mol. The number of carbonyl (C=O) groups is 1. The third-order valence-corrected chi connectivity index (χ3v) is 2.83. The van der Waals surface area contributed by atoms with Crippen LogP contribution in [0.15, 0.2) is 0 Å². The molecule has 1 unspecified atom stereocenters. The Balaban J connectivity index is 0. The van der Waals surface area contributed by atoms with Crippen LogP contribution in [0, 0.1) is 24.2 Å². The largest absolute Gasteiger partial charge is 0.332 e. The zero-order valence-corrected chi connectivity index (χ0v) is 12.6. The van der Waals surface area contributed by atoms with Gasteiger partial charge in [0.15, 0.2) is 0 Å². The molecule has 0 aromatic rings. The molecule has 17 heavy (non-hydrogen) atoms. The molecule has 0 aromatic carbocycles. The molecule has 0 saturated carbocycles. The predicted octanol–water partition coefficient (Wildman–Crippen LogP) is 3.57. The van der Waals surface area contributed by atoms with Crippen LogP contribution in [0.4, 0.5) is 0 Å². The maximum atomic E-state index is 11.8. The summed E-state index contributed by atoms with van der Waals surface area (Å²) in [6.07, 6.45) is 7.06. The average molecular weight is 239 g/mol. The monoisotopic (exact) mass is 239 g/mol. The van der Waals surface area contributed by atoms with Gasteiger partial charge in [0, 0.05) is 13.5 Å². The van der Waals surface area contributed by atoms with Gasteiger partial charge in [-0.2, -0.15) is 0 Å². The Kier molecular flexibility index (Phi) is 11.0. The molecule has 0 bridgehead atoms. The normalized spacial score (nSPS) is 13.1. The molecule has 0 N–H and O–H groups in total. The minimum Gasteiger partial charge on any atom is -0.332 e. The van der Waals surface area contributed by atoms with Crippen molar-refractivity contribution in [3.05, 3.63) is 0 Å². The van der Waals surface area contributed by atoms with E-state index in [1.807, 2.05) is 27.7 Å². The number of terminal acetylenes is 1. The molecule has 0 fully saturated rings. The Morgan fingerprint density at radius 3 is 2.06 bits per heavy atom. The summed E-state index contributed by atoms with van der Waals surface area (Å²) in [4.78, 5) is 13.6. The van der Waals surface area contributed by atoms with Gasteiger partial charge >= 0.3 is 0 Å². The Labute approximate surface area is 108 Å². The van der Waals surface area contributed by atoms with Gasteiger partial charge in [0.25, 0.3) is 0 Å². The molecule has 2 heteroatoms. The molecule has 1 amide bonds. The lowest BCUT2D eigenvalue weighted by Gasteiger charge is -2.27. The maximum Gasteiger partial charge on any atom is 0.223 e. The van der Waals surface area contributed by atoms with Crippen LogP contribution < -0.4 is 0 Å². The Bertz CT molecular complexity index is 240. The number of carbonyl (C=O) groups excluding carboxylic acids is 1. The van der Waals surface area contributed by atoms with Crippen molar-refractivity contribution in [2.24, 2.45) is 11.8 Å². The molecule has 0 aliphatic carbocycles. The molecule has 0 saturated heterocycles. The van der Waals surface area contributed by atoms with Crippen LogP contribution in [0.25, 0.3) is 0 Å². The highest BCUT2D eigenvalue weighted by molar-refractivity contribution is 5.76. The first kappa shape index (κ1) is 18.4. The minimum atomic E-state index is -0.0819. The second-order valence-electron chi connectivity index (χ2n) is 4.58. The van der Waals surface area contributed by atoms with Crippen LogP contribution >= 0.6 is 0 Å². The lowest BCUT2D eigenvalue weighted by Crippen LogP contribution is -2.39. The smallest absolute Gasteiger partial charge is 0.223 e. The van der Waals surface area contributed by atoms with E-state index in [4.69, 9.17) is 6.42 Å². The molecule has 0 radical (unpaired) electrons. The number of hydrogen-bond donors (Lipinski definition) is 0. The number of rotatable bonds is 5. The summed E-state index contributed by atoms with van der Waals surface area (Å²) in [5.41, 5.74) is 0. The fourth-order valence-corrected chi connectivity index (χ4v) is 1.49. The van der Waals surface area contributed by atoms with Gasteiger partial charge in [0.1, 0.15) is 0 Å². The molecular formula is C15H29NO. The lowest BCUT2D eigenvalue weighted by molar-refractivity contribution is -0.132. The highest BCUT2D eigenvalue weighted by Gasteiger charge is 2.21. The van der Waals surface area contributed by atoms with Gasteiger partial charge in [-0.15, -0.1) is 6.42 Å². The molecule has 0 spiro atoms. The van der Waals surface area contributed by atoms with E-state index in [1.54, 1.807) is 11.9 Å². The Morgan fingerprint density at radius 2 is 1.76 bits per heavy atom. The van der Waals surface area contributed by atoms with E-state index in [0.29, 0.717) is 18.3 Å². The molecule has 2 nitrogen and oxygen atoms in total. The van der Waals surface area contributed by atoms with Crippen LogP contribution in [0.2, 0.25) is 0 Å². The number of amides is 1. The SMILES string of the molecule is C#C[C@H](C(C)C)N(C)C(=O)CC(C)CC.CC. The van der Waals surface area contributed by atoms with Gasteiger partial charge in [-0.3, -0.25) is 4.79 Å². The molecule has 0 heterocycles. The number of nitrogens with zero attached hydrogens (tertiary/aromatic N) is 1. The zero-order valence-electron chi connectivity index (χ0n) is 12.6. The van der Waals surface area contributed by atoms with E-state index in [9.17, 15) is 4.79 Å². The van der Waals surface area contributed by atoms with Crippen LogP contribution in [0.3, 0.4) is 0 Å². The van der Waals surface area contributed by atoms with Crippen molar-refractivity contribution in [2.45, 2.75) is 60.4 Å². The lowest BCUT2D eigenvalue weighted by atomic mass is 10.0. The third-order valence-electron chi connectivity index (χ3n) is 2.83. The maximum absolute atomic E-state index is 11.8. The van der Waals surface area contributed by atoms with Crippen LogP contribution in [0.1, 0.15) is 54.4 Å². The van der Waals surface area contributed by atoms with Crippen molar-refractivity contribution in [1.29, 1.82) is 0 Å². The predicted molar refractivity (Wildman–Crippen MR) is 75.6 cm³/mol. The summed E-state index contributed by atoms with van der Waals surface area (Å²) < 4.78 is 0.